The van der Waals surface area contributed by atoms with E-state index in [0.717, 1.165) is 6.07 Å². The third-order valence-corrected chi connectivity index (χ3v) is 4.24. The molecule has 4 nitrogen and oxygen atoms in total. The van der Waals surface area contributed by atoms with Crippen molar-refractivity contribution in [3.05, 3.63) is 29.6 Å². The van der Waals surface area contributed by atoms with Crippen molar-refractivity contribution in [3.63, 3.8) is 0 Å². The van der Waals surface area contributed by atoms with Crippen molar-refractivity contribution in [3.8, 4) is 0 Å². The van der Waals surface area contributed by atoms with E-state index in [1.54, 1.807) is 20.8 Å². The highest BCUT2D eigenvalue weighted by Crippen LogP contribution is 2.19. The van der Waals surface area contributed by atoms with Crippen molar-refractivity contribution < 1.29 is 17.9 Å². The molecule has 0 aliphatic rings. The zero-order valence-corrected chi connectivity index (χ0v) is 11.5. The lowest BCUT2D eigenvalue weighted by molar-refractivity contribution is 0.245. The maximum atomic E-state index is 13.6. The van der Waals surface area contributed by atoms with Crippen LogP contribution < -0.4 is 4.72 Å². The minimum absolute atomic E-state index is 0.147. The van der Waals surface area contributed by atoms with Crippen LogP contribution in [0.1, 0.15) is 25.8 Å². The van der Waals surface area contributed by atoms with Gasteiger partial charge in [0.05, 0.1) is 0 Å². The van der Waals surface area contributed by atoms with Gasteiger partial charge in [-0.25, -0.2) is 17.5 Å². The molecule has 0 unspecified atom stereocenters. The summed E-state index contributed by atoms with van der Waals surface area (Å²) in [7, 11) is -3.93. The fourth-order valence-electron chi connectivity index (χ4n) is 1.57. The van der Waals surface area contributed by atoms with Gasteiger partial charge in [-0.3, -0.25) is 0 Å². The number of sulfonamides is 1. The van der Waals surface area contributed by atoms with E-state index >= 15 is 0 Å². The molecular weight excluding hydrogens is 257 g/mol. The number of halogens is 1. The Labute approximate surface area is 107 Å². The van der Waals surface area contributed by atoms with Gasteiger partial charge in [0.25, 0.3) is 0 Å². The molecule has 2 N–H and O–H groups in total. The minimum Gasteiger partial charge on any atom is -0.396 e. The van der Waals surface area contributed by atoms with Gasteiger partial charge in [-0.1, -0.05) is 6.07 Å². The van der Waals surface area contributed by atoms with E-state index in [4.69, 9.17) is 5.11 Å². The van der Waals surface area contributed by atoms with Crippen LogP contribution >= 0.6 is 0 Å². The van der Waals surface area contributed by atoms with Crippen LogP contribution in [0.15, 0.2) is 23.1 Å². The molecule has 0 aromatic heterocycles. The molecule has 0 aliphatic heterocycles. The molecular formula is C12H18FNO3S. The molecule has 1 rings (SSSR count). The third-order valence-electron chi connectivity index (χ3n) is 2.52. The van der Waals surface area contributed by atoms with Gasteiger partial charge >= 0.3 is 0 Å². The number of benzene rings is 1. The first-order valence-corrected chi connectivity index (χ1v) is 7.07. The number of hydrogen-bond acceptors (Lipinski definition) is 3. The van der Waals surface area contributed by atoms with E-state index in [2.05, 4.69) is 4.72 Å². The van der Waals surface area contributed by atoms with Crippen LogP contribution in [0.2, 0.25) is 0 Å². The van der Waals surface area contributed by atoms with Crippen LogP contribution in [-0.4, -0.2) is 25.7 Å². The minimum atomic E-state index is -3.93. The summed E-state index contributed by atoms with van der Waals surface area (Å²) < 4.78 is 40.1. The van der Waals surface area contributed by atoms with Crippen molar-refractivity contribution in [2.75, 3.05) is 6.61 Å². The Morgan fingerprint density at radius 1 is 1.39 bits per heavy atom. The first kappa shape index (κ1) is 15.1. The zero-order chi connectivity index (χ0) is 14.0. The first-order chi connectivity index (χ1) is 8.18. The highest BCUT2D eigenvalue weighted by Gasteiger charge is 2.27. The van der Waals surface area contributed by atoms with E-state index in [0.29, 0.717) is 5.56 Å². The third kappa shape index (κ3) is 3.76. The van der Waals surface area contributed by atoms with Crippen LogP contribution in [0.3, 0.4) is 0 Å². The molecule has 0 aliphatic carbocycles. The Balaban J connectivity index is 3.11. The maximum absolute atomic E-state index is 13.6. The highest BCUT2D eigenvalue weighted by atomic mass is 32.2. The molecule has 0 saturated carbocycles. The first-order valence-electron chi connectivity index (χ1n) is 5.59. The van der Waals surface area contributed by atoms with Crippen molar-refractivity contribution in [2.24, 2.45) is 0 Å². The standard InChI is InChI=1S/C12H18FNO3S/c1-9-4-5-10(13)11(8-9)18(16,17)14-12(2,3)6-7-15/h4-5,8,14-15H,6-7H2,1-3H3. The van der Waals surface area contributed by atoms with Gasteiger partial charge in [0.2, 0.25) is 10.0 Å². The van der Waals surface area contributed by atoms with Crippen molar-refractivity contribution in [1.82, 2.24) is 4.72 Å². The van der Waals surface area contributed by atoms with Gasteiger partial charge < -0.3 is 5.11 Å². The fraction of sp³-hybridized carbons (Fsp3) is 0.500. The predicted octanol–water partition coefficient (Wildman–Crippen LogP) is 1.57. The smallest absolute Gasteiger partial charge is 0.243 e. The molecule has 0 fully saturated rings. The van der Waals surface area contributed by atoms with E-state index in [-0.39, 0.29) is 17.9 Å². The zero-order valence-electron chi connectivity index (χ0n) is 10.7. The number of rotatable bonds is 5. The number of hydrogen-bond donors (Lipinski definition) is 2. The average molecular weight is 275 g/mol. The molecule has 0 heterocycles. The van der Waals surface area contributed by atoms with Crippen LogP contribution in [0.5, 0.6) is 0 Å². The molecule has 0 atom stereocenters. The van der Waals surface area contributed by atoms with Gasteiger partial charge in [-0.05, 0) is 44.9 Å². The summed E-state index contributed by atoms with van der Waals surface area (Å²) in [5.41, 5.74) is -0.166. The fourth-order valence-corrected chi connectivity index (χ4v) is 3.17. The monoisotopic (exact) mass is 275 g/mol. The van der Waals surface area contributed by atoms with Crippen LogP contribution in [0.4, 0.5) is 4.39 Å². The van der Waals surface area contributed by atoms with Gasteiger partial charge in [0, 0.05) is 12.1 Å². The Hall–Kier alpha value is -0.980. The number of aliphatic hydroxyl groups is 1. The molecule has 0 spiro atoms. The second-order valence-corrected chi connectivity index (χ2v) is 6.55. The van der Waals surface area contributed by atoms with Gasteiger partial charge in [0.15, 0.2) is 0 Å². The Kier molecular flexibility index (Phi) is 4.47. The largest absolute Gasteiger partial charge is 0.396 e. The van der Waals surface area contributed by atoms with E-state index < -0.39 is 21.4 Å². The predicted molar refractivity (Wildman–Crippen MR) is 67.2 cm³/mol. The van der Waals surface area contributed by atoms with Crippen LogP contribution in [-0.2, 0) is 10.0 Å². The average Bonchev–Trinajstić information content (AvgIpc) is 2.19. The number of nitrogens with one attached hydrogen (secondary N) is 1. The van der Waals surface area contributed by atoms with Crippen molar-refractivity contribution in [2.45, 2.75) is 37.6 Å². The maximum Gasteiger partial charge on any atom is 0.243 e. The normalized spacial score (nSPS) is 12.7. The number of aryl methyl sites for hydroxylation is 1. The molecule has 0 saturated heterocycles. The topological polar surface area (TPSA) is 66.4 Å². The van der Waals surface area contributed by atoms with Crippen LogP contribution in [0.25, 0.3) is 0 Å². The van der Waals surface area contributed by atoms with Gasteiger partial charge in [-0.2, -0.15) is 0 Å². The summed E-state index contributed by atoms with van der Waals surface area (Å²) in [6, 6.07) is 3.92. The Morgan fingerprint density at radius 2 is 2.00 bits per heavy atom. The van der Waals surface area contributed by atoms with Crippen molar-refractivity contribution >= 4 is 10.0 Å². The van der Waals surface area contributed by atoms with E-state index in [1.165, 1.54) is 12.1 Å². The summed E-state index contributed by atoms with van der Waals surface area (Å²) in [5, 5.41) is 8.86. The molecule has 102 valence electrons. The summed E-state index contributed by atoms with van der Waals surface area (Å²) >= 11 is 0. The Bertz CT molecular complexity index is 526. The van der Waals surface area contributed by atoms with Gasteiger partial charge in [0.1, 0.15) is 10.7 Å². The quantitative estimate of drug-likeness (QED) is 0.857. The second-order valence-electron chi connectivity index (χ2n) is 4.90. The molecule has 0 amide bonds. The van der Waals surface area contributed by atoms with Crippen molar-refractivity contribution in [1.29, 1.82) is 0 Å². The highest BCUT2D eigenvalue weighted by molar-refractivity contribution is 7.89. The van der Waals surface area contributed by atoms with E-state index in [9.17, 15) is 12.8 Å². The molecule has 18 heavy (non-hydrogen) atoms. The van der Waals surface area contributed by atoms with Crippen LogP contribution in [0, 0.1) is 12.7 Å². The van der Waals surface area contributed by atoms with E-state index in [1.807, 2.05) is 0 Å². The second kappa shape index (κ2) is 5.34. The summed E-state index contributed by atoms with van der Waals surface area (Å²) in [6.45, 7) is 4.81. The lowest BCUT2D eigenvalue weighted by atomic mass is 10.0. The summed E-state index contributed by atoms with van der Waals surface area (Å²) in [6.07, 6.45) is 0.250. The summed E-state index contributed by atoms with van der Waals surface area (Å²) in [5.74, 6) is -0.784. The summed E-state index contributed by atoms with van der Waals surface area (Å²) in [4.78, 5) is -0.367. The molecule has 1 aromatic carbocycles. The molecule has 0 bridgehead atoms. The van der Waals surface area contributed by atoms with Gasteiger partial charge in [-0.15, -0.1) is 0 Å². The SMILES string of the molecule is Cc1ccc(F)c(S(=O)(=O)NC(C)(C)CCO)c1. The molecule has 6 heteroatoms. The lowest BCUT2D eigenvalue weighted by Gasteiger charge is -2.25. The lowest BCUT2D eigenvalue weighted by Crippen LogP contribution is -2.44. The Morgan fingerprint density at radius 3 is 2.56 bits per heavy atom. The molecule has 0 radical (unpaired) electrons. The molecule has 1 aromatic rings. The number of aliphatic hydroxyl groups excluding tert-OH is 1.